The molecule has 7 rings (SSSR count). The van der Waals surface area contributed by atoms with E-state index in [1.165, 1.54) is 11.0 Å². The van der Waals surface area contributed by atoms with Gasteiger partial charge in [0, 0.05) is 61.9 Å². The highest BCUT2D eigenvalue weighted by Gasteiger charge is 2.60. The van der Waals surface area contributed by atoms with Gasteiger partial charge in [0.05, 0.1) is 28.8 Å². The van der Waals surface area contributed by atoms with E-state index in [4.69, 9.17) is 29.0 Å². The molecular weight excluding hydrogens is 785 g/mol. The highest BCUT2D eigenvalue weighted by Crippen LogP contribution is 2.51. The summed E-state index contributed by atoms with van der Waals surface area (Å²) in [6.45, 7) is 3.99. The minimum absolute atomic E-state index is 0.000820. The third kappa shape index (κ3) is 8.50. The first-order valence-corrected chi connectivity index (χ1v) is 19.4. The lowest BCUT2D eigenvalue weighted by atomic mass is 9.75. The first-order chi connectivity index (χ1) is 27.3. The van der Waals surface area contributed by atoms with E-state index in [-0.39, 0.29) is 42.3 Å². The topological polar surface area (TPSA) is 150 Å². The van der Waals surface area contributed by atoms with Crippen LogP contribution in [0.25, 0.3) is 0 Å². The molecule has 0 aromatic heterocycles. The first-order valence-electron chi connectivity index (χ1n) is 18.6. The van der Waals surface area contributed by atoms with Crippen LogP contribution in [-0.2, 0) is 25.4 Å². The maximum atomic E-state index is 13.9. The van der Waals surface area contributed by atoms with Gasteiger partial charge >= 0.3 is 6.18 Å². The number of ether oxygens (including phenoxy) is 1. The summed E-state index contributed by atoms with van der Waals surface area (Å²) < 4.78 is 47.4. The maximum absolute atomic E-state index is 13.9. The van der Waals surface area contributed by atoms with Crippen molar-refractivity contribution in [2.45, 2.75) is 55.4 Å². The second-order valence-electron chi connectivity index (χ2n) is 14.5. The molecule has 3 aliphatic heterocycles. The number of nitriles is 1. The number of carbonyl (C=O) groups excluding carboxylic acids is 4. The number of piperazine rings is 1. The summed E-state index contributed by atoms with van der Waals surface area (Å²) in [5.41, 5.74) is -1.74. The number of piperidine rings is 1. The Bertz CT molecular complexity index is 2110. The number of anilines is 4. The monoisotopic (exact) mass is 824 g/mol. The third-order valence-electron chi connectivity index (χ3n) is 10.8. The fourth-order valence-corrected chi connectivity index (χ4v) is 8.54. The molecule has 3 N–H and O–H groups in total. The van der Waals surface area contributed by atoms with Gasteiger partial charge in [0.2, 0.25) is 17.7 Å². The van der Waals surface area contributed by atoms with E-state index >= 15 is 0 Å². The van der Waals surface area contributed by atoms with Crippen LogP contribution in [0.5, 0.6) is 5.75 Å². The molecule has 2 unspecified atom stereocenters. The number of nitrogens with one attached hydrogen (secondary N) is 3. The largest absolute Gasteiger partial charge is 0.491 e. The van der Waals surface area contributed by atoms with Gasteiger partial charge in [-0.15, -0.1) is 12.6 Å². The van der Waals surface area contributed by atoms with Crippen molar-refractivity contribution in [3.05, 3.63) is 76.8 Å². The number of hydrogen-bond acceptors (Lipinski definition) is 11. The molecule has 1 saturated carbocycles. The Hall–Kier alpha value is -5.02. The van der Waals surface area contributed by atoms with Crippen LogP contribution >= 0.6 is 24.2 Å². The lowest BCUT2D eigenvalue weighted by molar-refractivity contribution is -0.138. The molecule has 1 aliphatic carbocycles. The summed E-state index contributed by atoms with van der Waals surface area (Å²) in [6, 6.07) is 16.5. The molecule has 2 atom stereocenters. The van der Waals surface area contributed by atoms with Crippen molar-refractivity contribution >= 4 is 70.6 Å². The number of alkyl halides is 3. The molecule has 4 aliphatic rings. The molecule has 300 valence electrons. The van der Waals surface area contributed by atoms with E-state index in [0.717, 1.165) is 31.6 Å². The molecule has 3 aromatic rings. The summed E-state index contributed by atoms with van der Waals surface area (Å²) in [7, 11) is 0. The highest BCUT2D eigenvalue weighted by atomic mass is 35.5. The van der Waals surface area contributed by atoms with Crippen molar-refractivity contribution in [1.29, 1.82) is 5.26 Å². The van der Waals surface area contributed by atoms with E-state index in [1.54, 1.807) is 53.4 Å². The average Bonchev–Trinajstić information content (AvgIpc) is 3.40. The molecule has 13 nitrogen and oxygen atoms in total. The number of halogens is 4. The molecule has 0 bridgehead atoms. The molecule has 3 heterocycles. The Morgan fingerprint density at radius 1 is 1.00 bits per heavy atom. The van der Waals surface area contributed by atoms with Crippen LogP contribution in [0.4, 0.5) is 35.9 Å². The van der Waals surface area contributed by atoms with E-state index in [1.807, 2.05) is 0 Å². The Balaban J connectivity index is 0.892. The second kappa shape index (κ2) is 16.5. The van der Waals surface area contributed by atoms with Crippen LogP contribution in [0, 0.1) is 11.3 Å². The van der Waals surface area contributed by atoms with Gasteiger partial charge in [-0.3, -0.25) is 39.2 Å². The Labute approximate surface area is 337 Å². The van der Waals surface area contributed by atoms with Crippen LogP contribution in [0.1, 0.15) is 43.2 Å². The number of hydrogen-bond donors (Lipinski definition) is 4. The van der Waals surface area contributed by atoms with Crippen LogP contribution in [0.15, 0.2) is 60.7 Å². The van der Waals surface area contributed by atoms with Gasteiger partial charge in [-0.25, -0.2) is 0 Å². The third-order valence-corrected chi connectivity index (χ3v) is 11.6. The molecule has 1 spiro atoms. The summed E-state index contributed by atoms with van der Waals surface area (Å²) >= 11 is 11.4. The second-order valence-corrected chi connectivity index (χ2v) is 15.3. The minimum Gasteiger partial charge on any atom is -0.491 e. The zero-order valence-corrected chi connectivity index (χ0v) is 32.3. The number of amides is 4. The molecule has 4 fully saturated rings. The molecule has 3 saturated heterocycles. The fraction of sp³-hybridized carbons (Fsp3) is 0.410. The normalized spacial score (nSPS) is 21.2. The van der Waals surface area contributed by atoms with E-state index in [2.05, 4.69) is 25.8 Å². The number of benzene rings is 3. The zero-order chi connectivity index (χ0) is 40.5. The van der Waals surface area contributed by atoms with Crippen molar-refractivity contribution in [3.63, 3.8) is 0 Å². The Kier molecular flexibility index (Phi) is 11.6. The van der Waals surface area contributed by atoms with Crippen LogP contribution in [-0.4, -0.2) is 96.4 Å². The lowest BCUT2D eigenvalue weighted by Gasteiger charge is -2.44. The molecule has 3 aromatic carbocycles. The number of thiol groups is 1. The fourth-order valence-electron chi connectivity index (χ4n) is 7.72. The maximum Gasteiger partial charge on any atom is 0.417 e. The van der Waals surface area contributed by atoms with Gasteiger partial charge in [-0.05, 0) is 80.3 Å². The smallest absolute Gasteiger partial charge is 0.417 e. The number of imide groups is 1. The van der Waals surface area contributed by atoms with Gasteiger partial charge in [-0.2, -0.15) is 18.4 Å². The van der Waals surface area contributed by atoms with Gasteiger partial charge < -0.3 is 20.3 Å². The highest BCUT2D eigenvalue weighted by molar-refractivity contribution is 7.81. The van der Waals surface area contributed by atoms with Crippen molar-refractivity contribution in [2.24, 2.45) is 0 Å². The van der Waals surface area contributed by atoms with Crippen molar-refractivity contribution < 1.29 is 37.1 Å². The van der Waals surface area contributed by atoms with E-state index in [9.17, 15) is 37.6 Å². The minimum atomic E-state index is -4.78. The lowest BCUT2D eigenvalue weighted by Crippen LogP contribution is -2.55. The standard InChI is InChI=1S/C39H40ClF3N8O5S/c40-30-21-28(51-37(57)50(36(55)38(51)11-2-12-38)27-6-5-24(22-44)29(20-27)39(41,42)43)7-9-32(30)56-18-17-48-13-15-49(16-14-48)23-34(53)46-26-4-1-3-25(19-26)45-31-8-10-33(52)47-35(31)54/h1,3-7,9,19-21,31,37,45,57H,2,8,10-18,23H2,(H,46,53)(H,47,52,54). The van der Waals surface area contributed by atoms with Gasteiger partial charge in [-0.1, -0.05) is 17.7 Å². The first kappa shape index (κ1) is 40.2. The van der Waals surface area contributed by atoms with Crippen molar-refractivity contribution in [1.82, 2.24) is 15.1 Å². The molecule has 18 heteroatoms. The Morgan fingerprint density at radius 2 is 1.72 bits per heavy atom. The van der Waals surface area contributed by atoms with Gasteiger partial charge in [0.25, 0.3) is 5.91 Å². The van der Waals surface area contributed by atoms with Crippen LogP contribution < -0.4 is 30.5 Å². The molecule has 57 heavy (non-hydrogen) atoms. The van der Waals surface area contributed by atoms with Crippen LogP contribution in [0.2, 0.25) is 5.02 Å². The number of carbonyl (C=O) groups is 4. The van der Waals surface area contributed by atoms with Crippen molar-refractivity contribution in [3.8, 4) is 11.8 Å². The summed E-state index contributed by atoms with van der Waals surface area (Å²) in [4.78, 5) is 57.6. The average molecular weight is 825 g/mol. The SMILES string of the molecule is N#Cc1ccc(N2C(=O)C3(CCC3)N(c3ccc(OCCN4CCN(CC(=O)Nc5cccc(NC6CCC(=O)NC6=O)c5)CC4)c(Cl)c3)C2S)cc1C(F)(F)F. The summed E-state index contributed by atoms with van der Waals surface area (Å²) in [5.74, 6) is -0.743. The molecular formula is C39H40ClF3N8O5S. The molecule has 4 amide bonds. The van der Waals surface area contributed by atoms with Crippen molar-refractivity contribution in [2.75, 3.05) is 66.3 Å². The predicted molar refractivity (Wildman–Crippen MR) is 210 cm³/mol. The van der Waals surface area contributed by atoms with E-state index in [0.29, 0.717) is 73.3 Å². The Morgan fingerprint density at radius 3 is 2.39 bits per heavy atom. The van der Waals surface area contributed by atoms with E-state index < -0.39 is 34.4 Å². The summed E-state index contributed by atoms with van der Waals surface area (Å²) in [5, 5.41) is 17.9. The zero-order valence-electron chi connectivity index (χ0n) is 30.6. The van der Waals surface area contributed by atoms with Gasteiger partial charge in [0.15, 0.2) is 5.50 Å². The predicted octanol–water partition coefficient (Wildman–Crippen LogP) is 5.07. The summed E-state index contributed by atoms with van der Waals surface area (Å²) in [6.07, 6.45) is -2.37. The number of nitrogens with zero attached hydrogens (tertiary/aromatic N) is 5. The number of rotatable bonds is 11. The quantitative estimate of drug-likeness (QED) is 0.153. The molecule has 0 radical (unpaired) electrons. The van der Waals surface area contributed by atoms with Crippen LogP contribution in [0.3, 0.4) is 0 Å². The van der Waals surface area contributed by atoms with Gasteiger partial charge in [0.1, 0.15) is 23.9 Å².